The summed E-state index contributed by atoms with van der Waals surface area (Å²) in [5, 5.41) is 6.27. The lowest BCUT2D eigenvalue weighted by Crippen LogP contribution is -2.32. The molecule has 1 saturated carbocycles. The first-order chi connectivity index (χ1) is 12.7. The first-order valence-electron chi connectivity index (χ1n) is 9.72. The van der Waals surface area contributed by atoms with E-state index in [0.29, 0.717) is 12.5 Å². The summed E-state index contributed by atoms with van der Waals surface area (Å²) in [6.07, 6.45) is 5.20. The molecule has 1 amide bonds. The summed E-state index contributed by atoms with van der Waals surface area (Å²) < 4.78 is 0. The highest BCUT2D eigenvalue weighted by molar-refractivity contribution is 5.79. The third-order valence-electron chi connectivity index (χ3n) is 5.28. The standard InChI is InChI=1S/C20H27N5O/c1-13-18(14-7-8-14)25-19(23-13)17-6-2-4-16(24-17)5-3-10-22-20(26)15-9-11-21-12-15/h2,4,6,14-15,21H,3,5,7-12H2,1H3,(H,22,26)(H,23,25)/t15-/m1/s1. The fraction of sp³-hybridized carbons (Fsp3) is 0.550. The summed E-state index contributed by atoms with van der Waals surface area (Å²) in [4.78, 5) is 24.9. The topological polar surface area (TPSA) is 82.7 Å². The second-order valence-electron chi connectivity index (χ2n) is 7.47. The average Bonchev–Trinajstić information content (AvgIpc) is 3.18. The third kappa shape index (κ3) is 3.96. The highest BCUT2D eigenvalue weighted by Crippen LogP contribution is 2.41. The highest BCUT2D eigenvalue weighted by Gasteiger charge is 2.28. The van der Waals surface area contributed by atoms with Gasteiger partial charge in [-0.25, -0.2) is 9.97 Å². The van der Waals surface area contributed by atoms with Gasteiger partial charge in [0.2, 0.25) is 5.91 Å². The first-order valence-corrected chi connectivity index (χ1v) is 9.72. The number of nitrogens with one attached hydrogen (secondary N) is 3. The fourth-order valence-electron chi connectivity index (χ4n) is 3.60. The Bertz CT molecular complexity index is 774. The van der Waals surface area contributed by atoms with Crippen LogP contribution in [0.1, 0.15) is 48.7 Å². The van der Waals surface area contributed by atoms with Crippen molar-refractivity contribution in [2.75, 3.05) is 19.6 Å². The van der Waals surface area contributed by atoms with Gasteiger partial charge in [0.05, 0.1) is 11.6 Å². The van der Waals surface area contributed by atoms with Crippen molar-refractivity contribution in [3.63, 3.8) is 0 Å². The van der Waals surface area contributed by atoms with E-state index in [2.05, 4.69) is 22.5 Å². The molecule has 0 bridgehead atoms. The van der Waals surface area contributed by atoms with Crippen molar-refractivity contribution < 1.29 is 4.79 Å². The Balaban J connectivity index is 1.31. The number of hydrogen-bond acceptors (Lipinski definition) is 4. The van der Waals surface area contributed by atoms with Crippen LogP contribution in [-0.2, 0) is 11.2 Å². The van der Waals surface area contributed by atoms with Crippen LogP contribution in [-0.4, -0.2) is 40.5 Å². The molecule has 4 rings (SSSR count). The Kier molecular flexibility index (Phi) is 5.02. The number of carbonyl (C=O) groups is 1. The van der Waals surface area contributed by atoms with Gasteiger partial charge in [0, 0.05) is 30.4 Å². The monoisotopic (exact) mass is 353 g/mol. The Morgan fingerprint density at radius 1 is 1.27 bits per heavy atom. The predicted octanol–water partition coefficient (Wildman–Crippen LogP) is 2.32. The number of carbonyl (C=O) groups excluding carboxylic acids is 1. The van der Waals surface area contributed by atoms with Gasteiger partial charge in [-0.2, -0.15) is 0 Å². The Labute approximate surface area is 154 Å². The molecule has 1 atom stereocenters. The van der Waals surface area contributed by atoms with Crippen molar-refractivity contribution in [1.29, 1.82) is 0 Å². The van der Waals surface area contributed by atoms with Crippen LogP contribution < -0.4 is 10.6 Å². The van der Waals surface area contributed by atoms with E-state index in [4.69, 9.17) is 9.97 Å². The molecule has 6 nitrogen and oxygen atoms in total. The van der Waals surface area contributed by atoms with Crippen LogP contribution in [0.5, 0.6) is 0 Å². The van der Waals surface area contributed by atoms with Crippen molar-refractivity contribution in [2.24, 2.45) is 5.92 Å². The number of aromatic nitrogens is 3. The van der Waals surface area contributed by atoms with Crippen molar-refractivity contribution in [2.45, 2.75) is 44.9 Å². The molecule has 26 heavy (non-hydrogen) atoms. The lowest BCUT2D eigenvalue weighted by molar-refractivity contribution is -0.124. The fourth-order valence-corrected chi connectivity index (χ4v) is 3.60. The van der Waals surface area contributed by atoms with Crippen LogP contribution in [0.3, 0.4) is 0 Å². The number of hydrogen-bond donors (Lipinski definition) is 3. The normalized spacial score (nSPS) is 19.7. The number of pyridine rings is 1. The van der Waals surface area contributed by atoms with E-state index in [-0.39, 0.29) is 11.8 Å². The number of amides is 1. The molecular formula is C20H27N5O. The molecule has 1 aliphatic carbocycles. The maximum absolute atomic E-state index is 12.0. The number of H-pyrrole nitrogens is 1. The van der Waals surface area contributed by atoms with E-state index in [0.717, 1.165) is 49.6 Å². The van der Waals surface area contributed by atoms with E-state index in [1.807, 2.05) is 18.2 Å². The van der Waals surface area contributed by atoms with Crippen molar-refractivity contribution in [1.82, 2.24) is 25.6 Å². The zero-order valence-corrected chi connectivity index (χ0v) is 15.3. The van der Waals surface area contributed by atoms with E-state index in [1.165, 1.54) is 24.2 Å². The molecule has 138 valence electrons. The molecule has 2 aromatic heterocycles. The molecule has 0 spiro atoms. The molecule has 2 fully saturated rings. The summed E-state index contributed by atoms with van der Waals surface area (Å²) in [5.74, 6) is 1.82. The van der Waals surface area contributed by atoms with Crippen molar-refractivity contribution >= 4 is 5.91 Å². The average molecular weight is 353 g/mol. The minimum Gasteiger partial charge on any atom is -0.356 e. The van der Waals surface area contributed by atoms with Gasteiger partial charge in [-0.15, -0.1) is 0 Å². The molecule has 0 radical (unpaired) electrons. The van der Waals surface area contributed by atoms with Gasteiger partial charge in [0.1, 0.15) is 5.69 Å². The molecule has 0 unspecified atom stereocenters. The molecule has 2 aromatic rings. The molecule has 0 aromatic carbocycles. The van der Waals surface area contributed by atoms with Crippen LogP contribution in [0.4, 0.5) is 0 Å². The third-order valence-corrected chi connectivity index (χ3v) is 5.28. The highest BCUT2D eigenvalue weighted by atomic mass is 16.1. The summed E-state index contributed by atoms with van der Waals surface area (Å²) in [7, 11) is 0. The Hall–Kier alpha value is -2.21. The molecule has 1 saturated heterocycles. The molecular weight excluding hydrogens is 326 g/mol. The smallest absolute Gasteiger partial charge is 0.224 e. The Morgan fingerprint density at radius 2 is 2.15 bits per heavy atom. The SMILES string of the molecule is Cc1[nH]c(-c2cccc(CCCNC(=O)[C@@H]3CCNC3)n2)nc1C1CC1. The zero-order valence-electron chi connectivity index (χ0n) is 15.3. The van der Waals surface area contributed by atoms with Crippen LogP contribution in [0, 0.1) is 12.8 Å². The van der Waals surface area contributed by atoms with Gasteiger partial charge in [0.15, 0.2) is 5.82 Å². The van der Waals surface area contributed by atoms with E-state index >= 15 is 0 Å². The number of rotatable bonds is 7. The number of imidazole rings is 1. The van der Waals surface area contributed by atoms with Crippen LogP contribution in [0.25, 0.3) is 11.5 Å². The van der Waals surface area contributed by atoms with Gasteiger partial charge in [-0.1, -0.05) is 6.07 Å². The minimum atomic E-state index is 0.138. The summed E-state index contributed by atoms with van der Waals surface area (Å²) in [5.41, 5.74) is 4.31. The van der Waals surface area contributed by atoms with Crippen molar-refractivity contribution in [3.05, 3.63) is 35.3 Å². The van der Waals surface area contributed by atoms with Crippen molar-refractivity contribution in [3.8, 4) is 11.5 Å². The lowest BCUT2D eigenvalue weighted by Gasteiger charge is -2.09. The largest absolute Gasteiger partial charge is 0.356 e. The Morgan fingerprint density at radius 3 is 2.92 bits per heavy atom. The predicted molar refractivity (Wildman–Crippen MR) is 101 cm³/mol. The molecule has 6 heteroatoms. The first kappa shape index (κ1) is 17.2. The minimum absolute atomic E-state index is 0.138. The van der Waals surface area contributed by atoms with E-state index in [9.17, 15) is 4.79 Å². The molecule has 3 N–H and O–H groups in total. The number of nitrogens with zero attached hydrogens (tertiary/aromatic N) is 2. The van der Waals surface area contributed by atoms with Gasteiger partial charge in [-0.3, -0.25) is 4.79 Å². The van der Waals surface area contributed by atoms with E-state index in [1.54, 1.807) is 0 Å². The maximum Gasteiger partial charge on any atom is 0.224 e. The second kappa shape index (κ2) is 7.58. The van der Waals surface area contributed by atoms with E-state index < -0.39 is 0 Å². The van der Waals surface area contributed by atoms with Gasteiger partial charge in [0.25, 0.3) is 0 Å². The molecule has 1 aliphatic heterocycles. The van der Waals surface area contributed by atoms with Crippen LogP contribution >= 0.6 is 0 Å². The maximum atomic E-state index is 12.0. The lowest BCUT2D eigenvalue weighted by atomic mass is 10.1. The zero-order chi connectivity index (χ0) is 17.9. The van der Waals surface area contributed by atoms with Crippen LogP contribution in [0.2, 0.25) is 0 Å². The van der Waals surface area contributed by atoms with Gasteiger partial charge < -0.3 is 15.6 Å². The molecule has 3 heterocycles. The summed E-state index contributed by atoms with van der Waals surface area (Å²) in [6.45, 7) is 4.55. The van der Waals surface area contributed by atoms with Gasteiger partial charge in [-0.05, 0) is 57.7 Å². The number of aromatic amines is 1. The van der Waals surface area contributed by atoms with Crippen LogP contribution in [0.15, 0.2) is 18.2 Å². The quantitative estimate of drug-likeness (QED) is 0.667. The van der Waals surface area contributed by atoms with Gasteiger partial charge >= 0.3 is 0 Å². The number of aryl methyl sites for hydroxylation is 2. The summed E-state index contributed by atoms with van der Waals surface area (Å²) in [6, 6.07) is 6.09. The summed E-state index contributed by atoms with van der Waals surface area (Å²) >= 11 is 0. The molecule has 2 aliphatic rings. The second-order valence-corrected chi connectivity index (χ2v) is 7.47.